The van der Waals surface area contributed by atoms with Gasteiger partial charge in [-0.15, -0.1) is 0 Å². The van der Waals surface area contributed by atoms with Crippen molar-refractivity contribution in [2.45, 2.75) is 32.5 Å². The van der Waals surface area contributed by atoms with Gasteiger partial charge in [-0.2, -0.15) is 5.10 Å². The molecule has 0 fully saturated rings. The molecule has 7 heteroatoms. The lowest BCUT2D eigenvalue weighted by atomic mass is 10.1. The number of benzene rings is 1. The molecule has 3 aromatic rings. The van der Waals surface area contributed by atoms with Gasteiger partial charge in [-0.1, -0.05) is 30.3 Å². The summed E-state index contributed by atoms with van der Waals surface area (Å²) in [4.78, 5) is 19.3. The van der Waals surface area contributed by atoms with Crippen molar-refractivity contribution in [3.8, 4) is 11.3 Å². The van der Waals surface area contributed by atoms with Gasteiger partial charge in [0.25, 0.3) is 5.91 Å². The summed E-state index contributed by atoms with van der Waals surface area (Å²) in [5.41, 5.74) is 3.26. The number of rotatable bonds is 3. The number of aromatic nitrogens is 4. The summed E-state index contributed by atoms with van der Waals surface area (Å²) in [7, 11) is 1.79. The Morgan fingerprint density at radius 3 is 2.74 bits per heavy atom. The first-order valence-corrected chi connectivity index (χ1v) is 9.08. The van der Waals surface area contributed by atoms with Gasteiger partial charge in [-0.05, 0) is 19.9 Å². The molecule has 7 nitrogen and oxygen atoms in total. The van der Waals surface area contributed by atoms with Gasteiger partial charge >= 0.3 is 0 Å². The summed E-state index contributed by atoms with van der Waals surface area (Å²) in [6.45, 7) is 4.78. The molecule has 2 atom stereocenters. The topological polar surface area (TPSA) is 76.2 Å². The fourth-order valence-electron chi connectivity index (χ4n) is 3.74. The smallest absolute Gasteiger partial charge is 0.272 e. The predicted molar refractivity (Wildman–Crippen MR) is 101 cm³/mol. The highest BCUT2D eigenvalue weighted by Gasteiger charge is 2.30. The molecule has 27 heavy (non-hydrogen) atoms. The molecule has 140 valence electrons. The molecule has 0 aliphatic carbocycles. The fourth-order valence-corrected chi connectivity index (χ4v) is 3.74. The van der Waals surface area contributed by atoms with Crippen molar-refractivity contribution in [3.63, 3.8) is 0 Å². The zero-order valence-corrected chi connectivity index (χ0v) is 15.7. The number of imidazole rings is 1. The Kier molecular flexibility index (Phi) is 4.31. The minimum Gasteiger partial charge on any atom is -0.385 e. The van der Waals surface area contributed by atoms with Crippen LogP contribution in [0, 0.1) is 0 Å². The Bertz CT molecular complexity index is 974. The molecule has 1 aliphatic heterocycles. The molecule has 3 heterocycles. The third kappa shape index (κ3) is 3.04. The number of hydrogen-bond acceptors (Lipinski definition) is 4. The number of carbonyl (C=O) groups excluding carboxylic acids is 1. The second kappa shape index (κ2) is 6.66. The Balaban J connectivity index is 1.61. The van der Waals surface area contributed by atoms with Crippen LogP contribution in [0.25, 0.3) is 11.3 Å². The monoisotopic (exact) mass is 365 g/mol. The average molecular weight is 365 g/mol. The largest absolute Gasteiger partial charge is 0.385 e. The van der Waals surface area contributed by atoms with E-state index in [0.29, 0.717) is 24.6 Å². The Hall–Kier alpha value is -2.93. The molecule has 1 aliphatic rings. The first kappa shape index (κ1) is 17.5. The molecule has 4 rings (SSSR count). The molecule has 0 unspecified atom stereocenters. The zero-order valence-electron chi connectivity index (χ0n) is 15.7. The number of carbonyl (C=O) groups is 1. The van der Waals surface area contributed by atoms with Crippen molar-refractivity contribution in [2.75, 3.05) is 6.54 Å². The number of amides is 1. The van der Waals surface area contributed by atoms with Crippen molar-refractivity contribution in [1.29, 1.82) is 0 Å². The number of aliphatic hydroxyl groups is 1. The van der Waals surface area contributed by atoms with Crippen LogP contribution >= 0.6 is 0 Å². The number of hydrogen-bond donors (Lipinski definition) is 1. The third-order valence-electron chi connectivity index (χ3n) is 5.01. The van der Waals surface area contributed by atoms with Crippen LogP contribution in [0.15, 0.2) is 42.6 Å². The van der Waals surface area contributed by atoms with Gasteiger partial charge in [0.05, 0.1) is 30.2 Å². The maximum Gasteiger partial charge on any atom is 0.272 e. The van der Waals surface area contributed by atoms with Gasteiger partial charge in [0.15, 0.2) is 0 Å². The van der Waals surface area contributed by atoms with Crippen molar-refractivity contribution < 1.29 is 9.90 Å². The van der Waals surface area contributed by atoms with Crippen LogP contribution in [-0.2, 0) is 13.6 Å². The van der Waals surface area contributed by atoms with Crippen LogP contribution in [-0.4, -0.2) is 41.8 Å². The summed E-state index contributed by atoms with van der Waals surface area (Å²) in [5.74, 6) is 0.599. The predicted octanol–water partition coefficient (Wildman–Crippen LogP) is 2.55. The van der Waals surface area contributed by atoms with Crippen LogP contribution in [0.1, 0.15) is 48.0 Å². The van der Waals surface area contributed by atoms with Gasteiger partial charge in [-0.25, -0.2) is 4.98 Å². The van der Waals surface area contributed by atoms with Crippen LogP contribution < -0.4 is 0 Å². The normalized spacial score (nSPS) is 17.6. The van der Waals surface area contributed by atoms with E-state index >= 15 is 0 Å². The second-order valence-corrected chi connectivity index (χ2v) is 7.09. The second-order valence-electron chi connectivity index (χ2n) is 7.09. The lowest BCUT2D eigenvalue weighted by Gasteiger charge is -2.34. The molecular weight excluding hydrogens is 342 g/mol. The van der Waals surface area contributed by atoms with Crippen molar-refractivity contribution in [3.05, 3.63) is 59.8 Å². The number of nitrogens with zero attached hydrogens (tertiary/aromatic N) is 5. The van der Waals surface area contributed by atoms with E-state index in [1.165, 1.54) is 0 Å². The average Bonchev–Trinajstić information content (AvgIpc) is 3.26. The molecular formula is C20H23N5O2. The lowest BCUT2D eigenvalue weighted by molar-refractivity contribution is 0.0666. The Labute approximate surface area is 157 Å². The number of fused-ring (bicyclic) bond motifs is 1. The molecule has 1 N–H and O–H groups in total. The zero-order chi connectivity index (χ0) is 19.1. The first-order chi connectivity index (χ1) is 13.0. The summed E-state index contributed by atoms with van der Waals surface area (Å²) >= 11 is 0. The van der Waals surface area contributed by atoms with Crippen LogP contribution in [0.5, 0.6) is 0 Å². The maximum atomic E-state index is 13.1. The van der Waals surface area contributed by atoms with E-state index in [4.69, 9.17) is 0 Å². The van der Waals surface area contributed by atoms with Crippen LogP contribution in [0.3, 0.4) is 0 Å². The molecule has 0 saturated heterocycles. The highest BCUT2D eigenvalue weighted by atomic mass is 16.3. The fraction of sp³-hybridized carbons (Fsp3) is 0.350. The quantitative estimate of drug-likeness (QED) is 0.774. The van der Waals surface area contributed by atoms with Gasteiger partial charge in [-0.3, -0.25) is 9.48 Å². The Morgan fingerprint density at radius 1 is 1.30 bits per heavy atom. The van der Waals surface area contributed by atoms with Gasteiger partial charge in [0, 0.05) is 19.2 Å². The maximum absolute atomic E-state index is 13.1. The molecule has 2 aromatic heterocycles. The van der Waals surface area contributed by atoms with Crippen LogP contribution in [0.4, 0.5) is 0 Å². The van der Waals surface area contributed by atoms with E-state index in [0.717, 1.165) is 17.0 Å². The van der Waals surface area contributed by atoms with Crippen molar-refractivity contribution >= 4 is 5.91 Å². The molecule has 0 saturated carbocycles. The first-order valence-electron chi connectivity index (χ1n) is 9.08. The standard InChI is InChI=1S/C20H23N5O2/c1-13-11-24(12-16-10-21-19(14(2)26)25(13)16)20(27)18-9-17(22-23(18)3)15-7-5-4-6-8-15/h4-10,13-14,26H,11-12H2,1-3H3/t13-,14+/m0/s1. The molecule has 1 aromatic carbocycles. The molecule has 0 radical (unpaired) electrons. The summed E-state index contributed by atoms with van der Waals surface area (Å²) in [6.07, 6.45) is 1.12. The lowest BCUT2D eigenvalue weighted by Crippen LogP contribution is -2.41. The van der Waals surface area contributed by atoms with Crippen molar-refractivity contribution in [1.82, 2.24) is 24.2 Å². The SMILES string of the molecule is C[C@@H](O)c1ncc2n1[C@@H](C)CN(C(=O)c1cc(-c3ccccc3)nn1C)C2. The molecule has 0 bridgehead atoms. The van der Waals surface area contributed by atoms with E-state index in [-0.39, 0.29) is 11.9 Å². The Morgan fingerprint density at radius 2 is 2.04 bits per heavy atom. The number of aryl methyl sites for hydroxylation is 1. The summed E-state index contributed by atoms with van der Waals surface area (Å²) < 4.78 is 3.68. The third-order valence-corrected chi connectivity index (χ3v) is 5.01. The van der Waals surface area contributed by atoms with Crippen molar-refractivity contribution in [2.24, 2.45) is 7.05 Å². The van der Waals surface area contributed by atoms with E-state index in [9.17, 15) is 9.90 Å². The van der Waals surface area contributed by atoms with E-state index in [1.807, 2.05) is 52.8 Å². The van der Waals surface area contributed by atoms with E-state index < -0.39 is 6.10 Å². The van der Waals surface area contributed by atoms with Gasteiger partial charge in [0.1, 0.15) is 17.6 Å². The van der Waals surface area contributed by atoms with Crippen LogP contribution in [0.2, 0.25) is 0 Å². The highest BCUT2D eigenvalue weighted by molar-refractivity contribution is 5.93. The van der Waals surface area contributed by atoms with E-state index in [2.05, 4.69) is 10.1 Å². The highest BCUT2D eigenvalue weighted by Crippen LogP contribution is 2.27. The number of aliphatic hydroxyl groups excluding tert-OH is 1. The minimum atomic E-state index is -0.631. The minimum absolute atomic E-state index is 0.0478. The molecule has 1 amide bonds. The summed E-state index contributed by atoms with van der Waals surface area (Å²) in [6, 6.07) is 11.7. The van der Waals surface area contributed by atoms with E-state index in [1.54, 1.807) is 24.9 Å². The molecule has 0 spiro atoms. The summed E-state index contributed by atoms with van der Waals surface area (Å²) in [5, 5.41) is 14.4. The van der Waals surface area contributed by atoms with Gasteiger partial charge < -0.3 is 14.6 Å². The van der Waals surface area contributed by atoms with Gasteiger partial charge in [0.2, 0.25) is 0 Å².